The van der Waals surface area contributed by atoms with E-state index in [-0.39, 0.29) is 40.7 Å². The van der Waals surface area contributed by atoms with E-state index in [1.165, 1.54) is 11.6 Å². The molecule has 1 amide bonds. The number of fused-ring (bicyclic) bond motifs is 1. The van der Waals surface area contributed by atoms with E-state index in [2.05, 4.69) is 31.1 Å². The van der Waals surface area contributed by atoms with Crippen molar-refractivity contribution in [1.82, 2.24) is 18.7 Å². The van der Waals surface area contributed by atoms with Crippen molar-refractivity contribution in [2.24, 2.45) is 14.1 Å². The summed E-state index contributed by atoms with van der Waals surface area (Å²) in [6.07, 6.45) is 2.30. The molecule has 2 heterocycles. The maximum Gasteiger partial charge on any atom is 0.332 e. The van der Waals surface area contributed by atoms with Crippen molar-refractivity contribution in [3.8, 4) is 11.8 Å². The molecule has 3 aromatic rings. The van der Waals surface area contributed by atoms with Crippen molar-refractivity contribution in [1.29, 1.82) is 0 Å². The van der Waals surface area contributed by atoms with Gasteiger partial charge in [0.1, 0.15) is 5.75 Å². The molecule has 1 aromatic carbocycles. The lowest BCUT2D eigenvalue weighted by Gasteiger charge is -2.20. The third-order valence-corrected chi connectivity index (χ3v) is 5.96. The van der Waals surface area contributed by atoms with Gasteiger partial charge in [-0.25, -0.2) is 4.79 Å². The molecule has 10 nitrogen and oxygen atoms in total. The number of nitrogens with zero attached hydrogens (tertiary/aromatic N) is 4. The zero-order chi connectivity index (χ0) is 25.9. The molecular formula is C25H35N5O5. The van der Waals surface area contributed by atoms with E-state index in [1.807, 2.05) is 13.0 Å². The molecule has 3 rings (SSSR count). The molecule has 10 heteroatoms. The second kappa shape index (κ2) is 10.4. The van der Waals surface area contributed by atoms with Gasteiger partial charge in [0, 0.05) is 27.1 Å². The standard InChI is InChI=1S/C25H35N5O5/c1-7-8-14-35-23-27-21-20(22(33)29(6)24(34)28(21)5)30(23)13-9-10-19(32)26-17-15-16(25(2,3)4)11-12-18(17)31/h11-12,15,31H,7-10,13-14H2,1-6H3,(H,26,32). The van der Waals surface area contributed by atoms with Gasteiger partial charge >= 0.3 is 5.69 Å². The van der Waals surface area contributed by atoms with Crippen LogP contribution in [0.3, 0.4) is 0 Å². The molecule has 2 N–H and O–H groups in total. The average molecular weight is 486 g/mol. The Morgan fingerprint density at radius 1 is 1.14 bits per heavy atom. The minimum absolute atomic E-state index is 0.00276. The van der Waals surface area contributed by atoms with Crippen molar-refractivity contribution in [3.05, 3.63) is 44.6 Å². The summed E-state index contributed by atoms with van der Waals surface area (Å²) in [5, 5.41) is 13.0. The number of carbonyl (C=O) groups excluding carboxylic acids is 1. The number of unbranched alkanes of at least 4 members (excludes halogenated alkanes) is 1. The van der Waals surface area contributed by atoms with Crippen molar-refractivity contribution in [3.63, 3.8) is 0 Å². The second-order valence-corrected chi connectivity index (χ2v) is 9.76. The van der Waals surface area contributed by atoms with E-state index >= 15 is 0 Å². The highest BCUT2D eigenvalue weighted by atomic mass is 16.5. The Bertz CT molecular complexity index is 1340. The Morgan fingerprint density at radius 3 is 2.51 bits per heavy atom. The largest absolute Gasteiger partial charge is 0.506 e. The van der Waals surface area contributed by atoms with Gasteiger partial charge in [-0.05, 0) is 36.0 Å². The number of hydrogen-bond donors (Lipinski definition) is 2. The number of hydrogen-bond acceptors (Lipinski definition) is 6. The van der Waals surface area contributed by atoms with Gasteiger partial charge in [-0.15, -0.1) is 0 Å². The Labute approximate surface area is 204 Å². The minimum Gasteiger partial charge on any atom is -0.506 e. The third kappa shape index (κ3) is 5.58. The number of rotatable bonds is 9. The van der Waals surface area contributed by atoms with Crippen molar-refractivity contribution < 1.29 is 14.6 Å². The van der Waals surface area contributed by atoms with Crippen LogP contribution in [0.2, 0.25) is 0 Å². The fourth-order valence-corrected chi connectivity index (χ4v) is 3.77. The van der Waals surface area contributed by atoms with E-state index in [4.69, 9.17) is 4.74 Å². The van der Waals surface area contributed by atoms with Gasteiger partial charge in [-0.1, -0.05) is 40.2 Å². The molecule has 0 bridgehead atoms. The summed E-state index contributed by atoms with van der Waals surface area (Å²) in [7, 11) is 2.98. The number of imidazole rings is 1. The summed E-state index contributed by atoms with van der Waals surface area (Å²) >= 11 is 0. The van der Waals surface area contributed by atoms with Crippen LogP contribution < -0.4 is 21.3 Å². The number of carbonyl (C=O) groups is 1. The van der Waals surface area contributed by atoms with Crippen LogP contribution in [-0.4, -0.2) is 36.3 Å². The zero-order valence-corrected chi connectivity index (χ0v) is 21.3. The molecule has 0 saturated carbocycles. The fraction of sp³-hybridized carbons (Fsp3) is 0.520. The minimum atomic E-state index is -0.469. The highest BCUT2D eigenvalue weighted by molar-refractivity contribution is 5.92. The molecule has 35 heavy (non-hydrogen) atoms. The topological polar surface area (TPSA) is 120 Å². The van der Waals surface area contributed by atoms with Gasteiger partial charge in [0.2, 0.25) is 5.91 Å². The molecule has 0 unspecified atom stereocenters. The van der Waals surface area contributed by atoms with Crippen LogP contribution in [0.1, 0.15) is 58.9 Å². The molecule has 0 spiro atoms. The fourth-order valence-electron chi connectivity index (χ4n) is 3.77. The molecule has 0 aliphatic heterocycles. The lowest BCUT2D eigenvalue weighted by Crippen LogP contribution is -2.37. The Hall–Kier alpha value is -3.56. The lowest BCUT2D eigenvalue weighted by molar-refractivity contribution is -0.116. The van der Waals surface area contributed by atoms with Crippen molar-refractivity contribution in [2.75, 3.05) is 11.9 Å². The number of benzene rings is 1. The van der Waals surface area contributed by atoms with Crippen LogP contribution in [0, 0.1) is 0 Å². The maximum absolute atomic E-state index is 12.9. The van der Waals surface area contributed by atoms with E-state index in [9.17, 15) is 19.5 Å². The number of phenolic OH excluding ortho intramolecular Hbond substituents is 1. The third-order valence-electron chi connectivity index (χ3n) is 5.96. The predicted molar refractivity (Wildman–Crippen MR) is 135 cm³/mol. The Morgan fingerprint density at radius 2 is 1.86 bits per heavy atom. The molecule has 0 radical (unpaired) electrons. The SMILES string of the molecule is CCCCOc1nc2c(c(=O)n(C)c(=O)n2C)n1CCCC(=O)Nc1cc(C(C)(C)C)ccc1O. The van der Waals surface area contributed by atoms with E-state index in [1.54, 1.807) is 23.7 Å². The first-order valence-electron chi connectivity index (χ1n) is 11.9. The Balaban J connectivity index is 1.81. The molecule has 0 aliphatic carbocycles. The first kappa shape index (κ1) is 26.1. The number of anilines is 1. The summed E-state index contributed by atoms with van der Waals surface area (Å²) < 4.78 is 9.81. The molecule has 0 aliphatic rings. The lowest BCUT2D eigenvalue weighted by atomic mass is 9.87. The van der Waals surface area contributed by atoms with Gasteiger partial charge in [0.25, 0.3) is 11.6 Å². The molecule has 190 valence electrons. The van der Waals surface area contributed by atoms with Crippen LogP contribution in [-0.2, 0) is 30.8 Å². The Kier molecular flexibility index (Phi) is 7.72. The number of aromatic hydroxyl groups is 1. The number of aromatic nitrogens is 4. The predicted octanol–water partition coefficient (Wildman–Crippen LogP) is 3.03. The van der Waals surface area contributed by atoms with Gasteiger partial charge in [0.15, 0.2) is 11.2 Å². The summed E-state index contributed by atoms with van der Waals surface area (Å²) in [6, 6.07) is 5.44. The average Bonchev–Trinajstić information content (AvgIpc) is 3.15. The van der Waals surface area contributed by atoms with E-state index < -0.39 is 11.2 Å². The zero-order valence-electron chi connectivity index (χ0n) is 21.3. The van der Waals surface area contributed by atoms with Gasteiger partial charge in [0.05, 0.1) is 12.3 Å². The highest BCUT2D eigenvalue weighted by Crippen LogP contribution is 2.31. The van der Waals surface area contributed by atoms with Gasteiger partial charge in [-0.2, -0.15) is 4.98 Å². The maximum atomic E-state index is 12.9. The first-order chi connectivity index (χ1) is 16.5. The summed E-state index contributed by atoms with van der Waals surface area (Å²) in [5.41, 5.74) is 0.804. The summed E-state index contributed by atoms with van der Waals surface area (Å²) in [5.74, 6) is -0.257. The highest BCUT2D eigenvalue weighted by Gasteiger charge is 2.21. The second-order valence-electron chi connectivity index (χ2n) is 9.76. The van der Waals surface area contributed by atoms with Crippen LogP contribution >= 0.6 is 0 Å². The summed E-state index contributed by atoms with van der Waals surface area (Å²) in [6.45, 7) is 8.94. The normalized spacial score (nSPS) is 11.7. The molecular weight excluding hydrogens is 450 g/mol. The molecule has 0 atom stereocenters. The number of aryl methyl sites for hydroxylation is 2. The van der Waals surface area contributed by atoms with Crippen LogP contribution in [0.15, 0.2) is 27.8 Å². The van der Waals surface area contributed by atoms with Crippen molar-refractivity contribution >= 4 is 22.8 Å². The first-order valence-corrected chi connectivity index (χ1v) is 11.9. The number of phenols is 1. The van der Waals surface area contributed by atoms with Crippen molar-refractivity contribution in [2.45, 2.75) is 65.3 Å². The van der Waals surface area contributed by atoms with Gasteiger partial charge in [-0.3, -0.25) is 23.3 Å². The molecule has 2 aromatic heterocycles. The monoisotopic (exact) mass is 485 g/mol. The molecule has 0 fully saturated rings. The summed E-state index contributed by atoms with van der Waals surface area (Å²) in [4.78, 5) is 42.3. The van der Waals surface area contributed by atoms with E-state index in [0.717, 1.165) is 23.0 Å². The van der Waals surface area contributed by atoms with E-state index in [0.29, 0.717) is 25.3 Å². The van der Waals surface area contributed by atoms with Gasteiger partial charge < -0.3 is 15.2 Å². The quantitative estimate of drug-likeness (QED) is 0.355. The van der Waals surface area contributed by atoms with Crippen LogP contribution in [0.5, 0.6) is 11.8 Å². The number of ether oxygens (including phenoxy) is 1. The molecule has 0 saturated heterocycles. The van der Waals surface area contributed by atoms with Crippen LogP contribution in [0.25, 0.3) is 11.2 Å². The number of amides is 1. The number of nitrogens with one attached hydrogen (secondary N) is 1. The smallest absolute Gasteiger partial charge is 0.332 e. The van der Waals surface area contributed by atoms with Crippen LogP contribution in [0.4, 0.5) is 5.69 Å².